The number of unbranched alkanes of at least 4 members (excludes halogenated alkanes) is 2. The van der Waals surface area contributed by atoms with E-state index >= 15 is 0 Å². The molecule has 1 N–H and O–H groups in total. The zero-order valence-corrected chi connectivity index (χ0v) is 14.4. The van der Waals surface area contributed by atoms with E-state index < -0.39 is 0 Å². The number of rotatable bonds is 7. The Kier molecular flexibility index (Phi) is 5.94. The maximum absolute atomic E-state index is 12.4. The Balaban J connectivity index is 1.99. The maximum Gasteiger partial charge on any atom is 0.263 e. The van der Waals surface area contributed by atoms with Crippen LogP contribution in [0.25, 0.3) is 10.6 Å². The number of nitrogens with zero attached hydrogens (tertiary/aromatic N) is 1. The summed E-state index contributed by atoms with van der Waals surface area (Å²) in [4.78, 5) is 17.6. The van der Waals surface area contributed by atoms with Crippen molar-refractivity contribution in [2.24, 2.45) is 0 Å². The Morgan fingerprint density at radius 3 is 2.90 bits per heavy atom. The van der Waals surface area contributed by atoms with Gasteiger partial charge in [-0.25, -0.2) is 4.98 Å². The number of carbonyl (C=O) groups excluding carboxylic acids is 1. The lowest BCUT2D eigenvalue weighted by molar-refractivity contribution is 0.0941. The quantitative estimate of drug-likeness (QED) is 0.738. The molecule has 0 spiro atoms. The van der Waals surface area contributed by atoms with Crippen LogP contribution in [0, 0.1) is 6.92 Å². The standard InChI is InChI=1S/C16H22N2OS2/c1-4-5-6-7-11(2)17-15(19)14-12(3)18-16(21-14)13-8-9-20-10-13/h8-11H,4-7H2,1-3H3,(H,17,19). The predicted molar refractivity (Wildman–Crippen MR) is 91.2 cm³/mol. The molecule has 0 aliphatic carbocycles. The Morgan fingerprint density at radius 2 is 2.24 bits per heavy atom. The van der Waals surface area contributed by atoms with Crippen molar-refractivity contribution in [2.75, 3.05) is 0 Å². The highest BCUT2D eigenvalue weighted by Gasteiger charge is 2.17. The van der Waals surface area contributed by atoms with Crippen LogP contribution in [0.4, 0.5) is 0 Å². The van der Waals surface area contributed by atoms with Gasteiger partial charge in [-0.05, 0) is 31.7 Å². The van der Waals surface area contributed by atoms with Gasteiger partial charge in [0.2, 0.25) is 0 Å². The summed E-state index contributed by atoms with van der Waals surface area (Å²) in [5.41, 5.74) is 1.92. The first-order valence-corrected chi connectivity index (χ1v) is 9.18. The number of nitrogens with one attached hydrogen (secondary N) is 1. The number of aromatic nitrogens is 1. The first-order chi connectivity index (χ1) is 10.1. The average molecular weight is 322 g/mol. The van der Waals surface area contributed by atoms with Gasteiger partial charge in [0.05, 0.1) is 5.69 Å². The fourth-order valence-electron chi connectivity index (χ4n) is 2.18. The largest absolute Gasteiger partial charge is 0.349 e. The molecular weight excluding hydrogens is 300 g/mol. The van der Waals surface area contributed by atoms with E-state index in [1.807, 2.05) is 18.4 Å². The molecule has 2 heterocycles. The minimum atomic E-state index is 0.00970. The van der Waals surface area contributed by atoms with E-state index in [-0.39, 0.29) is 11.9 Å². The van der Waals surface area contributed by atoms with Gasteiger partial charge >= 0.3 is 0 Å². The molecule has 1 amide bonds. The molecule has 0 aliphatic rings. The summed E-state index contributed by atoms with van der Waals surface area (Å²) in [6.45, 7) is 6.17. The van der Waals surface area contributed by atoms with E-state index in [0.29, 0.717) is 0 Å². The molecule has 2 rings (SSSR count). The highest BCUT2D eigenvalue weighted by Crippen LogP contribution is 2.29. The van der Waals surface area contributed by atoms with Gasteiger partial charge in [0.15, 0.2) is 0 Å². The van der Waals surface area contributed by atoms with Crippen molar-refractivity contribution in [2.45, 2.75) is 52.5 Å². The number of thiophene rings is 1. The smallest absolute Gasteiger partial charge is 0.263 e. The Labute approximate surface area is 134 Å². The van der Waals surface area contributed by atoms with Crippen LogP contribution in [-0.4, -0.2) is 16.9 Å². The van der Waals surface area contributed by atoms with Crippen LogP contribution >= 0.6 is 22.7 Å². The lowest BCUT2D eigenvalue weighted by Gasteiger charge is -2.12. The van der Waals surface area contributed by atoms with E-state index in [4.69, 9.17) is 0 Å². The van der Waals surface area contributed by atoms with Crippen molar-refractivity contribution in [1.82, 2.24) is 10.3 Å². The number of thiazole rings is 1. The maximum atomic E-state index is 12.4. The third-order valence-electron chi connectivity index (χ3n) is 3.39. The van der Waals surface area contributed by atoms with Crippen molar-refractivity contribution < 1.29 is 4.79 Å². The predicted octanol–water partition coefficient (Wildman–Crippen LogP) is 4.88. The van der Waals surface area contributed by atoms with Crippen molar-refractivity contribution in [3.8, 4) is 10.6 Å². The van der Waals surface area contributed by atoms with E-state index in [9.17, 15) is 4.79 Å². The molecule has 3 nitrogen and oxygen atoms in total. The van der Waals surface area contributed by atoms with E-state index in [1.165, 1.54) is 30.6 Å². The molecule has 0 aliphatic heterocycles. The van der Waals surface area contributed by atoms with Gasteiger partial charge in [-0.15, -0.1) is 11.3 Å². The number of aryl methyl sites for hydroxylation is 1. The van der Waals surface area contributed by atoms with Crippen LogP contribution in [0.2, 0.25) is 0 Å². The Hall–Kier alpha value is -1.20. The first-order valence-electron chi connectivity index (χ1n) is 7.42. The summed E-state index contributed by atoms with van der Waals surface area (Å²) in [6, 6.07) is 2.26. The van der Waals surface area contributed by atoms with Crippen LogP contribution in [-0.2, 0) is 0 Å². The van der Waals surface area contributed by atoms with Gasteiger partial charge < -0.3 is 5.32 Å². The van der Waals surface area contributed by atoms with Crippen LogP contribution in [0.3, 0.4) is 0 Å². The van der Waals surface area contributed by atoms with Crippen LogP contribution < -0.4 is 5.32 Å². The van der Waals surface area contributed by atoms with Gasteiger partial charge in [0, 0.05) is 17.0 Å². The lowest BCUT2D eigenvalue weighted by atomic mass is 10.1. The summed E-state index contributed by atoms with van der Waals surface area (Å²) >= 11 is 3.13. The molecule has 1 unspecified atom stereocenters. The minimum Gasteiger partial charge on any atom is -0.349 e. The highest BCUT2D eigenvalue weighted by molar-refractivity contribution is 7.17. The minimum absolute atomic E-state index is 0.00970. The summed E-state index contributed by atoms with van der Waals surface area (Å²) in [7, 11) is 0. The van der Waals surface area contributed by atoms with Gasteiger partial charge in [0.1, 0.15) is 9.88 Å². The fraction of sp³-hybridized carbons (Fsp3) is 0.500. The van der Waals surface area contributed by atoms with E-state index in [2.05, 4.69) is 29.5 Å². The Morgan fingerprint density at radius 1 is 1.43 bits per heavy atom. The van der Waals surface area contributed by atoms with Gasteiger partial charge in [-0.3, -0.25) is 4.79 Å². The average Bonchev–Trinajstić information content (AvgIpc) is 3.07. The monoisotopic (exact) mass is 322 g/mol. The fourth-order valence-corrected chi connectivity index (χ4v) is 3.86. The molecule has 0 saturated carbocycles. The summed E-state index contributed by atoms with van der Waals surface area (Å²) in [5.74, 6) is 0.00970. The zero-order chi connectivity index (χ0) is 15.2. The second kappa shape index (κ2) is 7.71. The SMILES string of the molecule is CCCCCC(C)NC(=O)c1sc(-c2ccsc2)nc1C. The number of hydrogen-bond acceptors (Lipinski definition) is 4. The number of carbonyl (C=O) groups is 1. The second-order valence-corrected chi connectivity index (χ2v) is 7.09. The summed E-state index contributed by atoms with van der Waals surface area (Å²) in [6.07, 6.45) is 4.63. The van der Waals surface area contributed by atoms with Gasteiger partial charge in [-0.1, -0.05) is 26.2 Å². The van der Waals surface area contributed by atoms with E-state index in [0.717, 1.165) is 27.6 Å². The molecule has 1 atom stereocenters. The highest BCUT2D eigenvalue weighted by atomic mass is 32.1. The van der Waals surface area contributed by atoms with Crippen molar-refractivity contribution >= 4 is 28.6 Å². The van der Waals surface area contributed by atoms with Gasteiger partial charge in [-0.2, -0.15) is 11.3 Å². The molecule has 0 fully saturated rings. The van der Waals surface area contributed by atoms with E-state index in [1.54, 1.807) is 11.3 Å². The second-order valence-electron chi connectivity index (χ2n) is 5.32. The first kappa shape index (κ1) is 16.2. The van der Waals surface area contributed by atoms with Crippen LogP contribution in [0.5, 0.6) is 0 Å². The van der Waals surface area contributed by atoms with Crippen molar-refractivity contribution in [3.05, 3.63) is 27.4 Å². The molecule has 0 aromatic carbocycles. The molecule has 114 valence electrons. The number of hydrogen-bond donors (Lipinski definition) is 1. The molecular formula is C16H22N2OS2. The van der Waals surface area contributed by atoms with Crippen molar-refractivity contribution in [1.29, 1.82) is 0 Å². The Bertz CT molecular complexity index is 575. The molecule has 0 radical (unpaired) electrons. The van der Waals surface area contributed by atoms with Gasteiger partial charge in [0.25, 0.3) is 5.91 Å². The topological polar surface area (TPSA) is 42.0 Å². The molecule has 5 heteroatoms. The molecule has 2 aromatic rings. The molecule has 0 saturated heterocycles. The number of amides is 1. The van der Waals surface area contributed by atoms with Crippen molar-refractivity contribution in [3.63, 3.8) is 0 Å². The third-order valence-corrected chi connectivity index (χ3v) is 5.28. The molecule has 2 aromatic heterocycles. The third kappa shape index (κ3) is 4.38. The lowest BCUT2D eigenvalue weighted by Crippen LogP contribution is -2.32. The summed E-state index contributed by atoms with van der Waals surface area (Å²) < 4.78 is 0. The summed E-state index contributed by atoms with van der Waals surface area (Å²) in [5, 5.41) is 8.11. The molecule has 0 bridgehead atoms. The van der Waals surface area contributed by atoms with Crippen LogP contribution in [0.15, 0.2) is 16.8 Å². The zero-order valence-electron chi connectivity index (χ0n) is 12.8. The molecule has 21 heavy (non-hydrogen) atoms. The van der Waals surface area contributed by atoms with Crippen LogP contribution in [0.1, 0.15) is 54.9 Å². The normalized spacial score (nSPS) is 12.3.